The quantitative estimate of drug-likeness (QED) is 0.397. The molecule has 1 saturated heterocycles. The third kappa shape index (κ3) is 4.57. The number of benzene rings is 1. The van der Waals surface area contributed by atoms with Gasteiger partial charge in [-0.3, -0.25) is 0 Å². The number of halogens is 1. The van der Waals surface area contributed by atoms with E-state index in [0.717, 1.165) is 5.56 Å². The second-order valence-electron chi connectivity index (χ2n) is 6.76. The van der Waals surface area contributed by atoms with Gasteiger partial charge in [0.2, 0.25) is 5.89 Å². The van der Waals surface area contributed by atoms with Crippen LogP contribution in [0.15, 0.2) is 52.7 Å². The minimum absolute atomic E-state index is 0.121. The second kappa shape index (κ2) is 8.33. The lowest BCUT2D eigenvalue weighted by Gasteiger charge is -2.10. The van der Waals surface area contributed by atoms with Gasteiger partial charge in [0.1, 0.15) is 5.82 Å². The zero-order valence-corrected chi connectivity index (χ0v) is 17.9. The van der Waals surface area contributed by atoms with E-state index in [9.17, 15) is 8.42 Å². The molecule has 152 valence electrons. The summed E-state index contributed by atoms with van der Waals surface area (Å²) in [6.45, 7) is 4.30. The van der Waals surface area contributed by atoms with Crippen LogP contribution >= 0.6 is 23.4 Å². The van der Waals surface area contributed by atoms with Gasteiger partial charge in [-0.2, -0.15) is 0 Å². The van der Waals surface area contributed by atoms with Gasteiger partial charge in [-0.15, -0.1) is 16.8 Å². The Morgan fingerprint density at radius 1 is 1.38 bits per heavy atom. The standard InChI is InChI=1S/C19H19ClN4O3S2/c1-2-7-24-18(14-6-8-29(25,26)12-14)22-23-19(24)28-11-17-21-10-16(27-17)13-4-3-5-15(20)9-13/h2-5,9-10,14H,1,6-8,11-12H2. The van der Waals surface area contributed by atoms with Gasteiger partial charge in [0.05, 0.1) is 23.5 Å². The molecule has 1 fully saturated rings. The first-order valence-corrected chi connectivity index (χ1v) is 12.2. The average molecular weight is 451 g/mol. The predicted molar refractivity (Wildman–Crippen MR) is 113 cm³/mol. The van der Waals surface area contributed by atoms with Crippen LogP contribution in [0.5, 0.6) is 0 Å². The van der Waals surface area contributed by atoms with Gasteiger partial charge in [0.25, 0.3) is 0 Å². The normalized spacial score (nSPS) is 18.2. The molecular weight excluding hydrogens is 432 g/mol. The molecule has 0 N–H and O–H groups in total. The highest BCUT2D eigenvalue weighted by molar-refractivity contribution is 7.98. The van der Waals surface area contributed by atoms with Crippen LogP contribution in [0.3, 0.4) is 0 Å². The van der Waals surface area contributed by atoms with Crippen LogP contribution in [0.1, 0.15) is 24.1 Å². The summed E-state index contributed by atoms with van der Waals surface area (Å²) in [5.41, 5.74) is 0.862. The Balaban J connectivity index is 1.49. The van der Waals surface area contributed by atoms with Gasteiger partial charge in [0, 0.05) is 23.0 Å². The lowest BCUT2D eigenvalue weighted by Crippen LogP contribution is -2.11. The molecule has 29 heavy (non-hydrogen) atoms. The van der Waals surface area contributed by atoms with Gasteiger partial charge in [-0.05, 0) is 18.6 Å². The first-order chi connectivity index (χ1) is 13.9. The van der Waals surface area contributed by atoms with Crippen LogP contribution in [0.25, 0.3) is 11.3 Å². The number of hydrogen-bond donors (Lipinski definition) is 0. The SMILES string of the molecule is C=CCn1c(SCc2ncc(-c3cccc(Cl)c3)o2)nnc1C1CCS(=O)(=O)C1. The predicted octanol–water partition coefficient (Wildman–Crippen LogP) is 3.97. The number of oxazole rings is 1. The Hall–Kier alpha value is -2.10. The number of rotatable bonds is 7. The molecule has 0 bridgehead atoms. The highest BCUT2D eigenvalue weighted by Gasteiger charge is 2.33. The smallest absolute Gasteiger partial charge is 0.205 e. The van der Waals surface area contributed by atoms with E-state index in [4.69, 9.17) is 16.0 Å². The molecule has 0 amide bonds. The number of aromatic nitrogens is 4. The van der Waals surface area contributed by atoms with Crippen LogP contribution in [0, 0.1) is 0 Å². The fraction of sp³-hybridized carbons (Fsp3) is 0.316. The van der Waals surface area contributed by atoms with Crippen molar-refractivity contribution in [2.24, 2.45) is 0 Å². The fourth-order valence-electron chi connectivity index (χ4n) is 3.29. The molecule has 1 atom stereocenters. The first-order valence-electron chi connectivity index (χ1n) is 9.03. The number of sulfone groups is 1. The molecule has 1 unspecified atom stereocenters. The summed E-state index contributed by atoms with van der Waals surface area (Å²) >= 11 is 7.47. The molecule has 7 nitrogen and oxygen atoms in total. The summed E-state index contributed by atoms with van der Waals surface area (Å²) in [6.07, 6.45) is 4.00. The first kappa shape index (κ1) is 20.2. The molecule has 3 aromatic rings. The van der Waals surface area contributed by atoms with E-state index in [1.54, 1.807) is 18.3 Å². The van der Waals surface area contributed by atoms with Crippen molar-refractivity contribution in [3.63, 3.8) is 0 Å². The van der Waals surface area contributed by atoms with Crippen molar-refractivity contribution in [2.75, 3.05) is 11.5 Å². The third-order valence-electron chi connectivity index (χ3n) is 4.64. The lowest BCUT2D eigenvalue weighted by atomic mass is 10.1. The largest absolute Gasteiger partial charge is 0.440 e. The van der Waals surface area contributed by atoms with Crippen molar-refractivity contribution in [1.29, 1.82) is 0 Å². The zero-order valence-electron chi connectivity index (χ0n) is 15.5. The summed E-state index contributed by atoms with van der Waals surface area (Å²) in [5, 5.41) is 9.86. The number of thioether (sulfide) groups is 1. The van der Waals surface area contributed by atoms with E-state index in [-0.39, 0.29) is 17.4 Å². The maximum atomic E-state index is 11.8. The zero-order chi connectivity index (χ0) is 20.4. The maximum absolute atomic E-state index is 11.8. The van der Waals surface area contributed by atoms with Crippen LogP contribution < -0.4 is 0 Å². The monoisotopic (exact) mass is 450 g/mol. The maximum Gasteiger partial charge on any atom is 0.205 e. The van der Waals surface area contributed by atoms with Crippen molar-refractivity contribution < 1.29 is 12.8 Å². The Kier molecular flexibility index (Phi) is 5.80. The van der Waals surface area contributed by atoms with Crippen molar-refractivity contribution in [3.8, 4) is 11.3 Å². The molecule has 0 aliphatic carbocycles. The van der Waals surface area contributed by atoms with E-state index in [1.807, 2.05) is 22.8 Å². The van der Waals surface area contributed by atoms with Crippen LogP contribution in [0.4, 0.5) is 0 Å². The second-order valence-corrected chi connectivity index (χ2v) is 10.4. The minimum atomic E-state index is -3.00. The lowest BCUT2D eigenvalue weighted by molar-refractivity contribution is 0.529. The highest BCUT2D eigenvalue weighted by atomic mass is 35.5. The van der Waals surface area contributed by atoms with Crippen molar-refractivity contribution in [3.05, 3.63) is 59.9 Å². The molecule has 1 aliphatic rings. The van der Waals surface area contributed by atoms with E-state index >= 15 is 0 Å². The fourth-order valence-corrected chi connectivity index (χ4v) is 6.02. The molecule has 2 aromatic heterocycles. The summed E-state index contributed by atoms with van der Waals surface area (Å²) < 4.78 is 31.4. The van der Waals surface area contributed by atoms with Gasteiger partial charge >= 0.3 is 0 Å². The number of allylic oxidation sites excluding steroid dienone is 1. The highest BCUT2D eigenvalue weighted by Crippen LogP contribution is 2.31. The van der Waals surface area contributed by atoms with E-state index < -0.39 is 9.84 Å². The Morgan fingerprint density at radius 3 is 2.97 bits per heavy atom. The van der Waals surface area contributed by atoms with Gasteiger partial charge in [-0.1, -0.05) is 41.6 Å². The minimum Gasteiger partial charge on any atom is -0.440 e. The average Bonchev–Trinajstić information content (AvgIpc) is 3.39. The van der Waals surface area contributed by atoms with E-state index in [0.29, 0.717) is 46.4 Å². The van der Waals surface area contributed by atoms with Crippen LogP contribution in [-0.4, -0.2) is 39.7 Å². The molecular formula is C19H19ClN4O3S2. The van der Waals surface area contributed by atoms with Crippen LogP contribution in [-0.2, 0) is 22.1 Å². The third-order valence-corrected chi connectivity index (χ3v) is 7.60. The van der Waals surface area contributed by atoms with Crippen molar-refractivity contribution in [1.82, 2.24) is 19.7 Å². The molecule has 4 rings (SSSR count). The summed E-state index contributed by atoms with van der Waals surface area (Å²) in [7, 11) is -3.00. The molecule has 0 radical (unpaired) electrons. The number of hydrogen-bond acceptors (Lipinski definition) is 7. The summed E-state index contributed by atoms with van der Waals surface area (Å²) in [4.78, 5) is 4.33. The van der Waals surface area contributed by atoms with E-state index in [1.165, 1.54) is 11.8 Å². The molecule has 3 heterocycles. The van der Waals surface area contributed by atoms with Crippen molar-refractivity contribution >= 4 is 33.2 Å². The van der Waals surface area contributed by atoms with Gasteiger partial charge in [0.15, 0.2) is 20.8 Å². The van der Waals surface area contributed by atoms with Crippen LogP contribution in [0.2, 0.25) is 5.02 Å². The molecule has 0 spiro atoms. The summed E-state index contributed by atoms with van der Waals surface area (Å²) in [6, 6.07) is 7.39. The molecule has 0 saturated carbocycles. The van der Waals surface area contributed by atoms with E-state index in [2.05, 4.69) is 21.8 Å². The molecule has 1 aliphatic heterocycles. The molecule has 10 heteroatoms. The molecule has 1 aromatic carbocycles. The Labute approximate surface area is 178 Å². The Bertz CT molecular complexity index is 1140. The summed E-state index contributed by atoms with van der Waals surface area (Å²) in [5.74, 6) is 2.56. The van der Waals surface area contributed by atoms with Crippen molar-refractivity contribution in [2.45, 2.75) is 29.8 Å². The number of nitrogens with zero attached hydrogens (tertiary/aromatic N) is 4. The van der Waals surface area contributed by atoms with Gasteiger partial charge in [-0.25, -0.2) is 13.4 Å². The Morgan fingerprint density at radius 2 is 2.24 bits per heavy atom. The topological polar surface area (TPSA) is 90.9 Å². The van der Waals surface area contributed by atoms with Gasteiger partial charge < -0.3 is 8.98 Å².